The Morgan fingerprint density at radius 1 is 1.27 bits per heavy atom. The van der Waals surface area contributed by atoms with Gasteiger partial charge in [-0.15, -0.1) is 0 Å². The maximum atomic E-state index is 13.0. The molecule has 1 amide bonds. The van der Waals surface area contributed by atoms with E-state index in [4.69, 9.17) is 5.73 Å². The lowest BCUT2D eigenvalue weighted by Crippen LogP contribution is -2.55. The van der Waals surface area contributed by atoms with Crippen LogP contribution in [-0.2, 0) is 11.3 Å². The van der Waals surface area contributed by atoms with Gasteiger partial charge in [0.05, 0.1) is 6.54 Å². The highest BCUT2D eigenvalue weighted by Crippen LogP contribution is 2.28. The lowest BCUT2D eigenvalue weighted by Gasteiger charge is -2.43. The number of nitrogens with two attached hydrogens (primary N) is 1. The van der Waals surface area contributed by atoms with Crippen molar-refractivity contribution in [2.24, 2.45) is 11.1 Å². The molecule has 1 fully saturated rings. The number of carbonyl (C=O) groups excluding carboxylic acids is 1. The molecule has 0 radical (unpaired) electrons. The van der Waals surface area contributed by atoms with Crippen molar-refractivity contribution in [3.8, 4) is 0 Å². The SMILES string of the molecule is CC1(C)CN(C(=O)CN(Cc2cccnc2)c2ccccc2)CCC1N. The molecule has 1 aliphatic heterocycles. The summed E-state index contributed by atoms with van der Waals surface area (Å²) in [6.07, 6.45) is 4.47. The van der Waals surface area contributed by atoms with Gasteiger partial charge in [0.15, 0.2) is 0 Å². The molecule has 1 saturated heterocycles. The van der Waals surface area contributed by atoms with E-state index in [0.717, 1.165) is 24.2 Å². The number of likely N-dealkylation sites (tertiary alicyclic amines) is 1. The van der Waals surface area contributed by atoms with Crippen LogP contribution in [-0.4, -0.2) is 41.5 Å². The van der Waals surface area contributed by atoms with Crippen LogP contribution >= 0.6 is 0 Å². The fourth-order valence-corrected chi connectivity index (χ4v) is 3.44. The molecule has 0 saturated carbocycles. The normalized spacial score (nSPS) is 19.2. The lowest BCUT2D eigenvalue weighted by molar-refractivity contribution is -0.133. The van der Waals surface area contributed by atoms with E-state index in [1.165, 1.54) is 0 Å². The first-order valence-electron chi connectivity index (χ1n) is 9.18. The van der Waals surface area contributed by atoms with Crippen molar-refractivity contribution in [3.63, 3.8) is 0 Å². The van der Waals surface area contributed by atoms with Crippen LogP contribution in [0.15, 0.2) is 54.9 Å². The molecule has 138 valence electrons. The van der Waals surface area contributed by atoms with E-state index in [0.29, 0.717) is 19.6 Å². The quantitative estimate of drug-likeness (QED) is 0.899. The van der Waals surface area contributed by atoms with E-state index in [2.05, 4.69) is 23.7 Å². The molecular weight excluding hydrogens is 324 g/mol. The number of anilines is 1. The maximum absolute atomic E-state index is 13.0. The molecule has 1 aliphatic rings. The number of carbonyl (C=O) groups is 1. The predicted octanol–water partition coefficient (Wildman–Crippen LogP) is 2.67. The summed E-state index contributed by atoms with van der Waals surface area (Å²) in [5.74, 6) is 0.151. The Bertz CT molecular complexity index is 717. The lowest BCUT2D eigenvalue weighted by atomic mass is 9.79. The zero-order valence-electron chi connectivity index (χ0n) is 15.6. The first-order valence-corrected chi connectivity index (χ1v) is 9.18. The van der Waals surface area contributed by atoms with Crippen LogP contribution in [0.25, 0.3) is 0 Å². The van der Waals surface area contributed by atoms with Gasteiger partial charge in [0, 0.05) is 43.8 Å². The van der Waals surface area contributed by atoms with Gasteiger partial charge in [0.2, 0.25) is 5.91 Å². The number of rotatable bonds is 5. The minimum Gasteiger partial charge on any atom is -0.358 e. The molecular formula is C21H28N4O. The summed E-state index contributed by atoms with van der Waals surface area (Å²) in [5.41, 5.74) is 8.29. The Balaban J connectivity index is 1.74. The molecule has 2 aromatic rings. The molecule has 1 atom stereocenters. The smallest absolute Gasteiger partial charge is 0.242 e. The van der Waals surface area contributed by atoms with E-state index in [9.17, 15) is 4.79 Å². The first kappa shape index (κ1) is 18.4. The summed E-state index contributed by atoms with van der Waals surface area (Å²) >= 11 is 0. The highest BCUT2D eigenvalue weighted by molar-refractivity contribution is 5.81. The Kier molecular flexibility index (Phi) is 5.57. The van der Waals surface area contributed by atoms with Gasteiger partial charge in [0.25, 0.3) is 0 Å². The summed E-state index contributed by atoms with van der Waals surface area (Å²) in [7, 11) is 0. The van der Waals surface area contributed by atoms with Crippen molar-refractivity contribution < 1.29 is 4.79 Å². The minimum absolute atomic E-state index is 0.0468. The van der Waals surface area contributed by atoms with Crippen molar-refractivity contribution in [1.29, 1.82) is 0 Å². The standard InChI is InChI=1S/C21H28N4O/c1-21(2)16-24(12-10-19(21)22)20(26)15-25(18-8-4-3-5-9-18)14-17-7-6-11-23-13-17/h3-9,11,13,19H,10,12,14-16,22H2,1-2H3. The van der Waals surface area contributed by atoms with Crippen LogP contribution in [0.3, 0.4) is 0 Å². The van der Waals surface area contributed by atoms with Crippen molar-refractivity contribution in [1.82, 2.24) is 9.88 Å². The second kappa shape index (κ2) is 7.87. The minimum atomic E-state index is -0.0468. The van der Waals surface area contributed by atoms with E-state index in [1.807, 2.05) is 53.6 Å². The van der Waals surface area contributed by atoms with E-state index in [-0.39, 0.29) is 17.4 Å². The molecule has 1 aromatic heterocycles. The summed E-state index contributed by atoms with van der Waals surface area (Å²) in [5, 5.41) is 0. The monoisotopic (exact) mass is 352 g/mol. The van der Waals surface area contributed by atoms with Crippen molar-refractivity contribution in [2.45, 2.75) is 32.9 Å². The van der Waals surface area contributed by atoms with Gasteiger partial charge in [-0.2, -0.15) is 0 Å². The summed E-state index contributed by atoms with van der Waals surface area (Å²) in [6.45, 7) is 6.73. The predicted molar refractivity (Wildman–Crippen MR) is 105 cm³/mol. The number of para-hydroxylation sites is 1. The Labute approximate surface area is 155 Å². The Morgan fingerprint density at radius 3 is 2.69 bits per heavy atom. The fourth-order valence-electron chi connectivity index (χ4n) is 3.44. The number of amides is 1. The number of hydrogen-bond donors (Lipinski definition) is 1. The molecule has 1 unspecified atom stereocenters. The van der Waals surface area contributed by atoms with E-state index in [1.54, 1.807) is 6.20 Å². The van der Waals surface area contributed by atoms with Crippen LogP contribution in [0, 0.1) is 5.41 Å². The topological polar surface area (TPSA) is 62.5 Å². The first-order chi connectivity index (χ1) is 12.5. The van der Waals surface area contributed by atoms with Crippen LogP contribution < -0.4 is 10.6 Å². The Morgan fingerprint density at radius 2 is 2.04 bits per heavy atom. The average Bonchev–Trinajstić information content (AvgIpc) is 2.65. The van der Waals surface area contributed by atoms with Crippen LogP contribution in [0.5, 0.6) is 0 Å². The molecule has 5 heteroatoms. The van der Waals surface area contributed by atoms with Gasteiger partial charge in [-0.25, -0.2) is 0 Å². The van der Waals surface area contributed by atoms with Crippen molar-refractivity contribution in [3.05, 3.63) is 60.4 Å². The van der Waals surface area contributed by atoms with Crippen molar-refractivity contribution >= 4 is 11.6 Å². The van der Waals surface area contributed by atoms with Gasteiger partial charge in [-0.3, -0.25) is 9.78 Å². The summed E-state index contributed by atoms with van der Waals surface area (Å²) < 4.78 is 0. The average molecular weight is 352 g/mol. The maximum Gasteiger partial charge on any atom is 0.242 e. The van der Waals surface area contributed by atoms with Crippen LogP contribution in [0.2, 0.25) is 0 Å². The number of benzene rings is 1. The number of nitrogens with zero attached hydrogens (tertiary/aromatic N) is 3. The molecule has 0 spiro atoms. The summed E-state index contributed by atoms with van der Waals surface area (Å²) in [4.78, 5) is 21.3. The zero-order chi connectivity index (χ0) is 18.6. The fraction of sp³-hybridized carbons (Fsp3) is 0.429. The highest BCUT2D eigenvalue weighted by Gasteiger charge is 2.35. The van der Waals surface area contributed by atoms with Crippen molar-refractivity contribution in [2.75, 3.05) is 24.5 Å². The number of aromatic nitrogens is 1. The largest absolute Gasteiger partial charge is 0.358 e. The van der Waals surface area contributed by atoms with Gasteiger partial charge < -0.3 is 15.5 Å². The third kappa shape index (κ3) is 4.41. The van der Waals surface area contributed by atoms with Gasteiger partial charge in [0.1, 0.15) is 0 Å². The molecule has 2 N–H and O–H groups in total. The number of piperidine rings is 1. The second-order valence-electron chi connectivity index (χ2n) is 7.75. The van der Waals surface area contributed by atoms with Crippen LogP contribution in [0.1, 0.15) is 25.8 Å². The molecule has 3 rings (SSSR count). The molecule has 2 heterocycles. The highest BCUT2D eigenvalue weighted by atomic mass is 16.2. The zero-order valence-corrected chi connectivity index (χ0v) is 15.6. The molecule has 26 heavy (non-hydrogen) atoms. The summed E-state index contributed by atoms with van der Waals surface area (Å²) in [6, 6.07) is 14.2. The Hall–Kier alpha value is -2.40. The number of pyridine rings is 1. The molecule has 0 bridgehead atoms. The third-order valence-electron chi connectivity index (χ3n) is 5.21. The molecule has 5 nitrogen and oxygen atoms in total. The van der Waals surface area contributed by atoms with Gasteiger partial charge in [-0.05, 0) is 35.6 Å². The van der Waals surface area contributed by atoms with E-state index >= 15 is 0 Å². The van der Waals surface area contributed by atoms with Gasteiger partial charge >= 0.3 is 0 Å². The van der Waals surface area contributed by atoms with Gasteiger partial charge in [-0.1, -0.05) is 38.1 Å². The third-order valence-corrected chi connectivity index (χ3v) is 5.21. The molecule has 1 aromatic carbocycles. The number of hydrogen-bond acceptors (Lipinski definition) is 4. The van der Waals surface area contributed by atoms with E-state index < -0.39 is 0 Å². The second-order valence-corrected chi connectivity index (χ2v) is 7.75. The van der Waals surface area contributed by atoms with Crippen LogP contribution in [0.4, 0.5) is 5.69 Å². The molecule has 0 aliphatic carbocycles.